The summed E-state index contributed by atoms with van der Waals surface area (Å²) in [4.78, 5) is 26.2. The molecule has 3 unspecified atom stereocenters. The van der Waals surface area contributed by atoms with E-state index in [1.54, 1.807) is 7.11 Å². The SMILES string of the molecule is COCCN(C(=O)C1CCCCC1C(=O)O)C1CCSC1. The van der Waals surface area contributed by atoms with Gasteiger partial charge in [-0.25, -0.2) is 0 Å². The molecule has 5 nitrogen and oxygen atoms in total. The van der Waals surface area contributed by atoms with Crippen LogP contribution in [0.3, 0.4) is 0 Å². The lowest BCUT2D eigenvalue weighted by atomic mass is 9.78. The summed E-state index contributed by atoms with van der Waals surface area (Å²) in [5, 5.41) is 9.38. The van der Waals surface area contributed by atoms with Crippen molar-refractivity contribution < 1.29 is 19.4 Å². The molecule has 1 aliphatic carbocycles. The monoisotopic (exact) mass is 315 g/mol. The molecule has 3 atom stereocenters. The Morgan fingerprint density at radius 3 is 2.52 bits per heavy atom. The third-order valence-corrected chi connectivity index (χ3v) is 5.71. The van der Waals surface area contributed by atoms with E-state index in [9.17, 15) is 14.7 Å². The summed E-state index contributed by atoms with van der Waals surface area (Å²) in [6, 6.07) is 0.244. The Kier molecular flexibility index (Phi) is 6.36. The summed E-state index contributed by atoms with van der Waals surface area (Å²) in [5.41, 5.74) is 0. The lowest BCUT2D eigenvalue weighted by Crippen LogP contribution is -2.48. The molecule has 1 saturated heterocycles. The number of hydrogen-bond donors (Lipinski definition) is 1. The fraction of sp³-hybridized carbons (Fsp3) is 0.867. The Hall–Kier alpha value is -0.750. The summed E-state index contributed by atoms with van der Waals surface area (Å²) in [6.45, 7) is 1.08. The fourth-order valence-electron chi connectivity index (χ4n) is 3.37. The molecule has 2 rings (SSSR count). The highest BCUT2D eigenvalue weighted by molar-refractivity contribution is 7.99. The summed E-state index contributed by atoms with van der Waals surface area (Å²) in [5.74, 6) is 0.394. The van der Waals surface area contributed by atoms with Crippen molar-refractivity contribution in [1.82, 2.24) is 4.90 Å². The number of carbonyl (C=O) groups excluding carboxylic acids is 1. The Balaban J connectivity index is 2.09. The van der Waals surface area contributed by atoms with Crippen LogP contribution >= 0.6 is 11.8 Å². The van der Waals surface area contributed by atoms with Crippen LogP contribution in [0.5, 0.6) is 0 Å². The first-order chi connectivity index (χ1) is 10.1. The van der Waals surface area contributed by atoms with Gasteiger partial charge in [-0.3, -0.25) is 9.59 Å². The van der Waals surface area contributed by atoms with Crippen molar-refractivity contribution >= 4 is 23.6 Å². The first-order valence-corrected chi connectivity index (χ1v) is 8.90. The van der Waals surface area contributed by atoms with Crippen molar-refractivity contribution in [3.8, 4) is 0 Å². The standard InChI is InChI=1S/C15H25NO4S/c1-20-8-7-16(11-6-9-21-10-11)14(17)12-4-2-3-5-13(12)15(18)19/h11-13H,2-10H2,1H3,(H,18,19). The molecule has 0 aromatic heterocycles. The minimum absolute atomic E-state index is 0.0339. The van der Waals surface area contributed by atoms with Gasteiger partial charge in [-0.1, -0.05) is 12.8 Å². The summed E-state index contributed by atoms with van der Waals surface area (Å²) >= 11 is 1.86. The number of thioether (sulfide) groups is 1. The van der Waals surface area contributed by atoms with Gasteiger partial charge in [0.25, 0.3) is 0 Å². The molecule has 2 aliphatic rings. The first kappa shape index (κ1) is 16.6. The molecule has 1 heterocycles. The molecule has 1 saturated carbocycles. The van der Waals surface area contributed by atoms with Gasteiger partial charge < -0.3 is 14.7 Å². The predicted octanol–water partition coefficient (Wildman–Crippen LogP) is 1.86. The molecule has 0 aromatic rings. The van der Waals surface area contributed by atoms with Crippen LogP contribution in [0, 0.1) is 11.8 Å². The average Bonchev–Trinajstić information content (AvgIpc) is 3.01. The normalized spacial score (nSPS) is 29.3. The van der Waals surface area contributed by atoms with Gasteiger partial charge in [0.2, 0.25) is 5.91 Å². The maximum Gasteiger partial charge on any atom is 0.307 e. The van der Waals surface area contributed by atoms with Crippen LogP contribution < -0.4 is 0 Å². The quantitative estimate of drug-likeness (QED) is 0.810. The highest BCUT2D eigenvalue weighted by Gasteiger charge is 2.39. The largest absolute Gasteiger partial charge is 0.481 e. The molecule has 21 heavy (non-hydrogen) atoms. The number of aliphatic carboxylic acids is 1. The molecule has 1 N–H and O–H groups in total. The molecular formula is C15H25NO4S. The molecule has 0 radical (unpaired) electrons. The molecular weight excluding hydrogens is 290 g/mol. The van der Waals surface area contributed by atoms with Crippen molar-refractivity contribution in [1.29, 1.82) is 0 Å². The van der Waals surface area contributed by atoms with Gasteiger partial charge in [0.1, 0.15) is 0 Å². The van der Waals surface area contributed by atoms with Crippen molar-refractivity contribution in [2.45, 2.75) is 38.1 Å². The second-order valence-electron chi connectivity index (χ2n) is 5.88. The van der Waals surface area contributed by atoms with E-state index in [2.05, 4.69) is 0 Å². The second-order valence-corrected chi connectivity index (χ2v) is 7.03. The fourth-order valence-corrected chi connectivity index (χ4v) is 4.59. The molecule has 0 bridgehead atoms. The molecule has 0 aromatic carbocycles. The molecule has 120 valence electrons. The first-order valence-electron chi connectivity index (χ1n) is 7.75. The highest BCUT2D eigenvalue weighted by Crippen LogP contribution is 2.33. The lowest BCUT2D eigenvalue weighted by Gasteiger charge is -2.35. The number of methoxy groups -OCH3 is 1. The van der Waals surface area contributed by atoms with Crippen LogP contribution in [-0.2, 0) is 14.3 Å². The van der Waals surface area contributed by atoms with Crippen molar-refractivity contribution in [3.63, 3.8) is 0 Å². The van der Waals surface area contributed by atoms with E-state index in [0.717, 1.165) is 30.8 Å². The van der Waals surface area contributed by atoms with Gasteiger partial charge in [0.15, 0.2) is 0 Å². The van der Waals surface area contributed by atoms with Gasteiger partial charge in [0, 0.05) is 25.4 Å². The number of ether oxygens (including phenoxy) is 1. The lowest BCUT2D eigenvalue weighted by molar-refractivity contribution is -0.153. The van der Waals surface area contributed by atoms with Crippen LogP contribution in [0.4, 0.5) is 0 Å². The zero-order valence-corrected chi connectivity index (χ0v) is 13.4. The Labute approximate surface area is 130 Å². The van der Waals surface area contributed by atoms with Gasteiger partial charge in [-0.15, -0.1) is 0 Å². The van der Waals surface area contributed by atoms with E-state index < -0.39 is 11.9 Å². The number of carboxylic acid groups (broad SMARTS) is 1. The molecule has 1 aliphatic heterocycles. The minimum Gasteiger partial charge on any atom is -0.481 e. The van der Waals surface area contributed by atoms with Crippen molar-refractivity contribution in [3.05, 3.63) is 0 Å². The predicted molar refractivity (Wildman–Crippen MR) is 82.4 cm³/mol. The Morgan fingerprint density at radius 1 is 1.24 bits per heavy atom. The number of carbonyl (C=O) groups is 2. The van der Waals surface area contributed by atoms with Crippen LogP contribution in [-0.4, -0.2) is 59.7 Å². The van der Waals surface area contributed by atoms with E-state index in [-0.39, 0.29) is 17.9 Å². The molecule has 0 spiro atoms. The van der Waals surface area contributed by atoms with E-state index in [1.165, 1.54) is 0 Å². The topological polar surface area (TPSA) is 66.8 Å². The van der Waals surface area contributed by atoms with Gasteiger partial charge in [-0.05, 0) is 25.0 Å². The number of hydrogen-bond acceptors (Lipinski definition) is 4. The maximum absolute atomic E-state index is 12.9. The number of carboxylic acids is 1. The summed E-state index contributed by atoms with van der Waals surface area (Å²) in [7, 11) is 1.63. The van der Waals surface area contributed by atoms with Crippen molar-refractivity contribution in [2.24, 2.45) is 11.8 Å². The maximum atomic E-state index is 12.9. The highest BCUT2D eigenvalue weighted by atomic mass is 32.2. The molecule has 1 amide bonds. The average molecular weight is 315 g/mol. The zero-order valence-electron chi connectivity index (χ0n) is 12.6. The number of amides is 1. The van der Waals surface area contributed by atoms with Gasteiger partial charge >= 0.3 is 5.97 Å². The third-order valence-electron chi connectivity index (χ3n) is 4.57. The van der Waals surface area contributed by atoms with E-state index >= 15 is 0 Å². The van der Waals surface area contributed by atoms with Crippen molar-refractivity contribution in [2.75, 3.05) is 31.8 Å². The van der Waals surface area contributed by atoms with Crippen LogP contribution in [0.15, 0.2) is 0 Å². The Morgan fingerprint density at radius 2 is 1.95 bits per heavy atom. The van der Waals surface area contributed by atoms with Gasteiger partial charge in [0.05, 0.1) is 18.4 Å². The Bertz CT molecular complexity index is 371. The molecule has 6 heteroatoms. The number of nitrogens with zero attached hydrogens (tertiary/aromatic N) is 1. The van der Waals surface area contributed by atoms with E-state index in [4.69, 9.17) is 4.74 Å². The minimum atomic E-state index is -0.819. The van der Waals surface area contributed by atoms with Crippen LogP contribution in [0.2, 0.25) is 0 Å². The molecule has 2 fully saturated rings. The number of rotatable bonds is 6. The van der Waals surface area contributed by atoms with Gasteiger partial charge in [-0.2, -0.15) is 11.8 Å². The van der Waals surface area contributed by atoms with E-state index in [1.807, 2.05) is 16.7 Å². The summed E-state index contributed by atoms with van der Waals surface area (Å²) < 4.78 is 5.13. The zero-order chi connectivity index (χ0) is 15.2. The smallest absolute Gasteiger partial charge is 0.307 e. The van der Waals surface area contributed by atoms with E-state index in [0.29, 0.717) is 26.0 Å². The van der Waals surface area contributed by atoms with Crippen LogP contribution in [0.25, 0.3) is 0 Å². The summed E-state index contributed by atoms with van der Waals surface area (Å²) in [6.07, 6.45) is 4.21. The second kappa shape index (κ2) is 8.03. The third kappa shape index (κ3) is 4.13. The van der Waals surface area contributed by atoms with Crippen LogP contribution in [0.1, 0.15) is 32.1 Å².